The number of hydrogen-bond acceptors (Lipinski definition) is 3. The minimum atomic E-state index is -3.34. The lowest BCUT2D eigenvalue weighted by molar-refractivity contribution is -0.116. The third-order valence-electron chi connectivity index (χ3n) is 2.68. The molecule has 18 heavy (non-hydrogen) atoms. The highest BCUT2D eigenvalue weighted by Crippen LogP contribution is 2.19. The largest absolute Gasteiger partial charge is 0.324 e. The lowest BCUT2D eigenvalue weighted by Gasteiger charge is -2.15. The summed E-state index contributed by atoms with van der Waals surface area (Å²) in [4.78, 5) is 11.8. The van der Waals surface area contributed by atoms with E-state index in [9.17, 15) is 13.2 Å². The normalized spacial score (nSPS) is 11.6. The molecule has 1 amide bonds. The van der Waals surface area contributed by atoms with Gasteiger partial charge in [0.15, 0.2) is 0 Å². The highest BCUT2D eigenvalue weighted by Gasteiger charge is 2.16. The van der Waals surface area contributed by atoms with Gasteiger partial charge in [-0.15, -0.1) is 0 Å². The Morgan fingerprint density at radius 2 is 1.78 bits per heavy atom. The molecular formula is C12H18N2O3S. The summed E-state index contributed by atoms with van der Waals surface area (Å²) >= 11 is 0. The second-order valence-electron chi connectivity index (χ2n) is 4.33. The summed E-state index contributed by atoms with van der Waals surface area (Å²) in [6.07, 6.45) is 1.07. The summed E-state index contributed by atoms with van der Waals surface area (Å²) in [5, 5.41) is 2.74. The number of anilines is 1. The van der Waals surface area contributed by atoms with E-state index in [0.29, 0.717) is 0 Å². The first-order valence-corrected chi connectivity index (χ1v) is 7.34. The Kier molecular flexibility index (Phi) is 4.48. The van der Waals surface area contributed by atoms with Crippen molar-refractivity contribution in [3.63, 3.8) is 0 Å². The van der Waals surface area contributed by atoms with Crippen molar-refractivity contribution in [3.8, 4) is 0 Å². The number of benzene rings is 1. The third-order valence-corrected chi connectivity index (χ3v) is 3.94. The topological polar surface area (TPSA) is 66.5 Å². The number of nitrogens with one attached hydrogen (secondary N) is 1. The van der Waals surface area contributed by atoms with Crippen LogP contribution in [0.3, 0.4) is 0 Å². The van der Waals surface area contributed by atoms with Gasteiger partial charge >= 0.3 is 0 Å². The fourth-order valence-electron chi connectivity index (χ4n) is 1.51. The number of amides is 1. The molecule has 0 radical (unpaired) electrons. The van der Waals surface area contributed by atoms with E-state index in [1.807, 2.05) is 32.0 Å². The third kappa shape index (κ3) is 3.82. The monoisotopic (exact) mass is 270 g/mol. The molecule has 1 aromatic carbocycles. The number of likely N-dealkylation sites (N-methyl/N-ethyl adjacent to an activating group) is 1. The molecule has 0 atom stereocenters. The summed E-state index contributed by atoms with van der Waals surface area (Å²) in [6.45, 7) is 3.60. The Hall–Kier alpha value is -1.40. The molecule has 0 saturated heterocycles. The van der Waals surface area contributed by atoms with Gasteiger partial charge in [0, 0.05) is 12.7 Å². The fourth-order valence-corrected chi connectivity index (χ4v) is 1.86. The summed E-state index contributed by atoms with van der Waals surface area (Å²) < 4.78 is 23.4. The SMILES string of the molecule is Cc1cccc(C)c1NC(=O)CN(C)S(C)(=O)=O. The molecule has 0 heterocycles. The zero-order chi connectivity index (χ0) is 13.9. The first-order valence-electron chi connectivity index (χ1n) is 5.49. The van der Waals surface area contributed by atoms with Crippen molar-refractivity contribution in [1.29, 1.82) is 0 Å². The number of para-hydroxylation sites is 1. The Bertz CT molecular complexity index is 532. The van der Waals surface area contributed by atoms with E-state index < -0.39 is 10.0 Å². The molecule has 0 spiro atoms. The van der Waals surface area contributed by atoms with Crippen molar-refractivity contribution < 1.29 is 13.2 Å². The van der Waals surface area contributed by atoms with Crippen LogP contribution in [-0.2, 0) is 14.8 Å². The van der Waals surface area contributed by atoms with Crippen LogP contribution in [0.25, 0.3) is 0 Å². The Morgan fingerprint density at radius 3 is 2.22 bits per heavy atom. The maximum atomic E-state index is 11.8. The zero-order valence-electron chi connectivity index (χ0n) is 11.0. The second kappa shape index (κ2) is 5.49. The van der Waals surface area contributed by atoms with Crippen molar-refractivity contribution in [2.45, 2.75) is 13.8 Å². The predicted molar refractivity (Wildman–Crippen MR) is 72.0 cm³/mol. The number of hydrogen-bond donors (Lipinski definition) is 1. The average molecular weight is 270 g/mol. The van der Waals surface area contributed by atoms with E-state index in [4.69, 9.17) is 0 Å². The molecule has 1 rings (SSSR count). The maximum Gasteiger partial charge on any atom is 0.239 e. The van der Waals surface area contributed by atoms with Gasteiger partial charge in [-0.05, 0) is 25.0 Å². The molecular weight excluding hydrogens is 252 g/mol. The van der Waals surface area contributed by atoms with Crippen LogP contribution in [0.2, 0.25) is 0 Å². The fraction of sp³-hybridized carbons (Fsp3) is 0.417. The van der Waals surface area contributed by atoms with E-state index in [2.05, 4.69) is 5.32 Å². The number of rotatable bonds is 4. The quantitative estimate of drug-likeness (QED) is 0.892. The standard InChI is InChI=1S/C12H18N2O3S/c1-9-6-5-7-10(2)12(9)13-11(15)8-14(3)18(4,16)17/h5-7H,8H2,1-4H3,(H,13,15). The molecule has 0 saturated carbocycles. The van der Waals surface area contributed by atoms with E-state index in [1.54, 1.807) is 0 Å². The lowest BCUT2D eigenvalue weighted by atomic mass is 10.1. The lowest BCUT2D eigenvalue weighted by Crippen LogP contribution is -2.34. The van der Waals surface area contributed by atoms with Crippen molar-refractivity contribution in [2.75, 3.05) is 25.2 Å². The first-order chi connectivity index (χ1) is 8.21. The molecule has 0 aliphatic heterocycles. The van der Waals surface area contributed by atoms with Gasteiger partial charge in [0.1, 0.15) is 0 Å². The van der Waals surface area contributed by atoms with Gasteiger partial charge in [0.2, 0.25) is 15.9 Å². The van der Waals surface area contributed by atoms with Crippen molar-refractivity contribution in [1.82, 2.24) is 4.31 Å². The molecule has 0 aliphatic carbocycles. The van der Waals surface area contributed by atoms with Crippen LogP contribution in [0, 0.1) is 13.8 Å². The Balaban J connectivity index is 2.78. The van der Waals surface area contributed by atoms with Crippen LogP contribution in [0.5, 0.6) is 0 Å². The second-order valence-corrected chi connectivity index (χ2v) is 6.42. The van der Waals surface area contributed by atoms with Crippen LogP contribution in [0.1, 0.15) is 11.1 Å². The van der Waals surface area contributed by atoms with Crippen LogP contribution in [-0.4, -0.2) is 38.5 Å². The van der Waals surface area contributed by atoms with Crippen LogP contribution in [0.15, 0.2) is 18.2 Å². The molecule has 0 bridgehead atoms. The Morgan fingerprint density at radius 1 is 1.28 bits per heavy atom. The summed E-state index contributed by atoms with van der Waals surface area (Å²) in [6, 6.07) is 5.69. The molecule has 1 aromatic rings. The highest BCUT2D eigenvalue weighted by atomic mass is 32.2. The van der Waals surface area contributed by atoms with Crippen LogP contribution >= 0.6 is 0 Å². The van der Waals surface area contributed by atoms with E-state index in [-0.39, 0.29) is 12.5 Å². The smallest absolute Gasteiger partial charge is 0.239 e. The molecule has 0 fully saturated rings. The maximum absolute atomic E-state index is 11.8. The van der Waals surface area contributed by atoms with Crippen molar-refractivity contribution in [2.24, 2.45) is 0 Å². The number of aryl methyl sites for hydroxylation is 2. The summed E-state index contributed by atoms with van der Waals surface area (Å²) in [5.41, 5.74) is 2.64. The van der Waals surface area contributed by atoms with Gasteiger partial charge in [-0.25, -0.2) is 8.42 Å². The van der Waals surface area contributed by atoms with Gasteiger partial charge < -0.3 is 5.32 Å². The highest BCUT2D eigenvalue weighted by molar-refractivity contribution is 7.88. The average Bonchev–Trinajstić information content (AvgIpc) is 2.22. The predicted octanol–water partition coefficient (Wildman–Crippen LogP) is 1.13. The summed E-state index contributed by atoms with van der Waals surface area (Å²) in [5.74, 6) is -0.347. The van der Waals surface area contributed by atoms with Crippen molar-refractivity contribution >= 4 is 21.6 Å². The summed E-state index contributed by atoms with van der Waals surface area (Å²) in [7, 11) is -1.96. The van der Waals surface area contributed by atoms with Gasteiger partial charge in [-0.3, -0.25) is 4.79 Å². The van der Waals surface area contributed by atoms with Gasteiger partial charge in [-0.1, -0.05) is 18.2 Å². The number of nitrogens with zero attached hydrogens (tertiary/aromatic N) is 1. The molecule has 0 aromatic heterocycles. The molecule has 100 valence electrons. The van der Waals surface area contributed by atoms with E-state index in [1.165, 1.54) is 7.05 Å². The van der Waals surface area contributed by atoms with Gasteiger partial charge in [0.05, 0.1) is 12.8 Å². The molecule has 5 nitrogen and oxygen atoms in total. The Labute approximate surface area is 108 Å². The molecule has 0 aliphatic rings. The molecule has 0 unspecified atom stereocenters. The molecule has 1 N–H and O–H groups in total. The number of carbonyl (C=O) groups excluding carboxylic acids is 1. The number of sulfonamides is 1. The van der Waals surface area contributed by atoms with Crippen molar-refractivity contribution in [3.05, 3.63) is 29.3 Å². The van der Waals surface area contributed by atoms with Gasteiger partial charge in [-0.2, -0.15) is 4.31 Å². The molecule has 6 heteroatoms. The van der Waals surface area contributed by atoms with Crippen LogP contribution < -0.4 is 5.32 Å². The zero-order valence-corrected chi connectivity index (χ0v) is 11.8. The minimum Gasteiger partial charge on any atom is -0.324 e. The first kappa shape index (κ1) is 14.7. The van der Waals surface area contributed by atoms with Gasteiger partial charge in [0.25, 0.3) is 0 Å². The van der Waals surface area contributed by atoms with E-state index in [0.717, 1.165) is 27.4 Å². The van der Waals surface area contributed by atoms with Crippen LogP contribution in [0.4, 0.5) is 5.69 Å². The minimum absolute atomic E-state index is 0.188. The van der Waals surface area contributed by atoms with E-state index >= 15 is 0 Å². The number of carbonyl (C=O) groups is 1.